The maximum Gasteiger partial charge on any atom is 0.167 e. The third-order valence-corrected chi connectivity index (χ3v) is 9.67. The van der Waals surface area contributed by atoms with Gasteiger partial charge in [0, 0.05) is 29.6 Å². The molecule has 0 spiro atoms. The first-order valence-electron chi connectivity index (χ1n) is 16.9. The number of anilines is 1. The Morgan fingerprint density at radius 3 is 2.06 bits per heavy atom. The van der Waals surface area contributed by atoms with Crippen molar-refractivity contribution in [3.05, 3.63) is 174 Å². The summed E-state index contributed by atoms with van der Waals surface area (Å²) in [5.74, 6) is 0.229. The number of hydrazone groups is 1. The minimum atomic E-state index is 0.229. The van der Waals surface area contributed by atoms with Crippen molar-refractivity contribution in [3.63, 3.8) is 0 Å². The van der Waals surface area contributed by atoms with E-state index < -0.39 is 0 Å². The zero-order valence-electron chi connectivity index (χ0n) is 27.3. The van der Waals surface area contributed by atoms with Crippen LogP contribution < -0.4 is 5.32 Å². The summed E-state index contributed by atoms with van der Waals surface area (Å²) in [6.07, 6.45) is 8.03. The van der Waals surface area contributed by atoms with E-state index in [1.54, 1.807) is 5.01 Å². The molecule has 2 N–H and O–H groups in total. The first-order chi connectivity index (χ1) is 24.7. The fourth-order valence-electron chi connectivity index (χ4n) is 7.15. The van der Waals surface area contributed by atoms with Crippen molar-refractivity contribution >= 4 is 66.9 Å². The Bertz CT molecular complexity index is 2650. The molecule has 50 heavy (non-hydrogen) atoms. The van der Waals surface area contributed by atoms with E-state index in [1.807, 2.05) is 24.5 Å². The van der Waals surface area contributed by atoms with E-state index in [4.69, 9.17) is 10.1 Å². The topological polar surface area (TPSA) is 64.4 Å². The van der Waals surface area contributed by atoms with Crippen LogP contribution in [-0.2, 0) is 6.54 Å². The van der Waals surface area contributed by atoms with Gasteiger partial charge in [-0.25, -0.2) is 5.01 Å². The predicted molar refractivity (Wildman–Crippen MR) is 210 cm³/mol. The highest BCUT2D eigenvalue weighted by molar-refractivity contribution is 6.14. The third-order valence-electron chi connectivity index (χ3n) is 9.67. The lowest BCUT2D eigenvalue weighted by molar-refractivity contribution is 0.440. The average molecular weight is 644 g/mol. The van der Waals surface area contributed by atoms with E-state index in [0.717, 1.165) is 56.0 Å². The van der Waals surface area contributed by atoms with Crippen molar-refractivity contribution in [2.45, 2.75) is 6.54 Å². The normalized spacial score (nSPS) is 12.5. The summed E-state index contributed by atoms with van der Waals surface area (Å²) in [6, 6.07) is 48.7. The van der Waals surface area contributed by atoms with E-state index >= 15 is 0 Å². The summed E-state index contributed by atoms with van der Waals surface area (Å²) in [4.78, 5) is 4.81. The van der Waals surface area contributed by atoms with Gasteiger partial charge in [-0.1, -0.05) is 127 Å². The summed E-state index contributed by atoms with van der Waals surface area (Å²) < 4.78 is 0. The number of amidine groups is 1. The highest BCUT2D eigenvalue weighted by atomic mass is 15.5. The lowest BCUT2D eigenvalue weighted by Gasteiger charge is -2.21. The number of hydrogen-bond acceptors (Lipinski definition) is 4. The largest absolute Gasteiger partial charge is 0.381 e. The van der Waals surface area contributed by atoms with Crippen molar-refractivity contribution in [2.75, 3.05) is 11.9 Å². The number of nitrogens with one attached hydrogen (secondary N) is 2. The molecule has 8 aromatic rings. The highest BCUT2D eigenvalue weighted by Gasteiger charge is 2.17. The van der Waals surface area contributed by atoms with E-state index in [1.165, 1.54) is 27.1 Å². The molecule has 238 valence electrons. The standard InChI is InChI=1S/C45H33N5/c46-45(43-22-21-34(27-48-43)31-20-19-30-12-9-23-47-44(30)26-31)50(29-36-25-33-11-2-4-14-38(33)42-18-8-6-16-40(36)42)49-28-35-24-32-10-1-3-13-37(32)41-17-7-5-15-39(35)41/h1-22,24-28,46-47H,23,29H2/b46-45?,49-28+. The Labute approximate surface area is 290 Å². The number of benzene rings is 7. The quantitative estimate of drug-likeness (QED) is 0.0820. The maximum atomic E-state index is 9.50. The van der Waals surface area contributed by atoms with Crippen molar-refractivity contribution in [2.24, 2.45) is 5.10 Å². The van der Waals surface area contributed by atoms with Crippen molar-refractivity contribution < 1.29 is 0 Å². The second-order valence-electron chi connectivity index (χ2n) is 12.7. The molecule has 0 amide bonds. The molecule has 0 bridgehead atoms. The Kier molecular flexibility index (Phi) is 7.36. The van der Waals surface area contributed by atoms with Gasteiger partial charge in [-0.05, 0) is 84.0 Å². The molecule has 7 aromatic carbocycles. The number of pyridine rings is 1. The van der Waals surface area contributed by atoms with Crippen molar-refractivity contribution in [1.29, 1.82) is 5.41 Å². The third kappa shape index (κ3) is 5.35. The van der Waals surface area contributed by atoms with Gasteiger partial charge in [0.1, 0.15) is 5.69 Å². The van der Waals surface area contributed by atoms with Crippen molar-refractivity contribution in [1.82, 2.24) is 9.99 Å². The molecular formula is C45H33N5. The lowest BCUT2D eigenvalue weighted by Crippen LogP contribution is -2.26. The first-order valence-corrected chi connectivity index (χ1v) is 16.9. The number of aromatic nitrogens is 1. The second kappa shape index (κ2) is 12.5. The second-order valence-corrected chi connectivity index (χ2v) is 12.7. The highest BCUT2D eigenvalue weighted by Crippen LogP contribution is 2.32. The first kappa shape index (κ1) is 29.5. The summed E-state index contributed by atoms with van der Waals surface area (Å²) in [5.41, 5.74) is 7.03. The summed E-state index contributed by atoms with van der Waals surface area (Å²) in [6.45, 7) is 1.22. The predicted octanol–water partition coefficient (Wildman–Crippen LogP) is 10.7. The van der Waals surface area contributed by atoms with Gasteiger partial charge in [-0.2, -0.15) is 5.10 Å². The Morgan fingerprint density at radius 1 is 0.680 bits per heavy atom. The number of hydrogen-bond donors (Lipinski definition) is 2. The lowest BCUT2D eigenvalue weighted by atomic mass is 9.97. The van der Waals surface area contributed by atoms with Gasteiger partial charge in [-0.15, -0.1) is 0 Å². The van der Waals surface area contributed by atoms with Gasteiger partial charge in [0.2, 0.25) is 0 Å². The van der Waals surface area contributed by atoms with Crippen LogP contribution in [-0.4, -0.2) is 28.6 Å². The van der Waals surface area contributed by atoms with E-state index in [0.29, 0.717) is 12.2 Å². The van der Waals surface area contributed by atoms with Crippen LogP contribution >= 0.6 is 0 Å². The molecule has 0 radical (unpaired) electrons. The monoisotopic (exact) mass is 643 g/mol. The molecule has 2 heterocycles. The van der Waals surface area contributed by atoms with E-state index in [2.05, 4.69) is 145 Å². The molecule has 0 saturated carbocycles. The van der Waals surface area contributed by atoms with Crippen LogP contribution in [0.5, 0.6) is 0 Å². The van der Waals surface area contributed by atoms with Crippen LogP contribution in [0.1, 0.15) is 22.4 Å². The number of rotatable bonds is 6. The average Bonchev–Trinajstić information content (AvgIpc) is 3.19. The minimum Gasteiger partial charge on any atom is -0.381 e. The minimum absolute atomic E-state index is 0.229. The van der Waals surface area contributed by atoms with Gasteiger partial charge in [0.25, 0.3) is 0 Å². The Hall–Kier alpha value is -6.59. The van der Waals surface area contributed by atoms with Crippen LogP contribution in [0.25, 0.3) is 60.3 Å². The molecule has 5 heteroatoms. The van der Waals surface area contributed by atoms with Crippen LogP contribution in [0.15, 0.2) is 157 Å². The molecule has 1 aliphatic rings. The molecule has 0 saturated heterocycles. The fourth-order valence-corrected chi connectivity index (χ4v) is 7.15. The molecule has 0 fully saturated rings. The molecule has 1 aromatic heterocycles. The molecule has 5 nitrogen and oxygen atoms in total. The molecule has 9 rings (SSSR count). The van der Waals surface area contributed by atoms with Gasteiger partial charge >= 0.3 is 0 Å². The Morgan fingerprint density at radius 2 is 1.32 bits per heavy atom. The fraction of sp³-hybridized carbons (Fsp3) is 0.0444. The Balaban J connectivity index is 1.13. The van der Waals surface area contributed by atoms with Gasteiger partial charge < -0.3 is 5.32 Å². The summed E-state index contributed by atoms with van der Waals surface area (Å²) in [5, 5.41) is 29.2. The van der Waals surface area contributed by atoms with E-state index in [-0.39, 0.29) is 5.84 Å². The molecular weight excluding hydrogens is 611 g/mol. The molecule has 0 aliphatic carbocycles. The molecule has 0 atom stereocenters. The van der Waals surface area contributed by atoms with Gasteiger partial charge in [0.15, 0.2) is 5.84 Å². The summed E-state index contributed by atoms with van der Waals surface area (Å²) in [7, 11) is 0. The maximum absolute atomic E-state index is 9.50. The van der Waals surface area contributed by atoms with Crippen LogP contribution in [0.3, 0.4) is 0 Å². The van der Waals surface area contributed by atoms with Crippen LogP contribution in [0.4, 0.5) is 5.69 Å². The number of nitrogens with zero attached hydrogens (tertiary/aromatic N) is 3. The van der Waals surface area contributed by atoms with Crippen LogP contribution in [0, 0.1) is 5.41 Å². The zero-order valence-corrected chi connectivity index (χ0v) is 27.3. The van der Waals surface area contributed by atoms with Gasteiger partial charge in [-0.3, -0.25) is 10.4 Å². The van der Waals surface area contributed by atoms with Crippen LogP contribution in [0.2, 0.25) is 0 Å². The SMILES string of the molecule is N=C(c1ccc(-c2ccc3c(c2)NCC=C3)cn1)N(Cc1cc2ccccc2c2ccccc12)/N=C/c1cc2ccccc2c2ccccc12. The van der Waals surface area contributed by atoms with E-state index in [9.17, 15) is 5.41 Å². The van der Waals surface area contributed by atoms with Crippen molar-refractivity contribution in [3.8, 4) is 11.1 Å². The molecule has 0 unspecified atom stereocenters. The number of fused-ring (bicyclic) bond motifs is 7. The zero-order chi connectivity index (χ0) is 33.4. The smallest absolute Gasteiger partial charge is 0.167 e. The summed E-state index contributed by atoms with van der Waals surface area (Å²) >= 11 is 0. The van der Waals surface area contributed by atoms with Gasteiger partial charge in [0.05, 0.1) is 12.8 Å². The molecule has 1 aliphatic heterocycles.